The van der Waals surface area contributed by atoms with E-state index in [4.69, 9.17) is 5.73 Å². The molecule has 2 aromatic rings. The molecule has 2 saturated heterocycles. The second-order valence-corrected chi connectivity index (χ2v) is 5.99. The van der Waals surface area contributed by atoms with E-state index >= 15 is 0 Å². The number of benzene rings is 1. The van der Waals surface area contributed by atoms with Crippen molar-refractivity contribution in [3.05, 3.63) is 30.5 Å². The van der Waals surface area contributed by atoms with Crippen LogP contribution in [-0.4, -0.2) is 28.3 Å². The van der Waals surface area contributed by atoms with Crippen LogP contribution < -0.4 is 10.6 Å². The SMILES string of the molecule is Nc1cccc2c(N3C4CCC3CC(O)C4)ccnc12. The molecule has 0 spiro atoms. The predicted molar refractivity (Wildman–Crippen MR) is 80.7 cm³/mol. The summed E-state index contributed by atoms with van der Waals surface area (Å²) in [5, 5.41) is 11.1. The number of aliphatic hydroxyl groups is 1. The molecular formula is C16H19N3O. The van der Waals surface area contributed by atoms with Crippen molar-refractivity contribution >= 4 is 22.3 Å². The largest absolute Gasteiger partial charge is 0.397 e. The minimum Gasteiger partial charge on any atom is -0.397 e. The van der Waals surface area contributed by atoms with Crippen molar-refractivity contribution in [1.29, 1.82) is 0 Å². The van der Waals surface area contributed by atoms with Gasteiger partial charge in [-0.2, -0.15) is 0 Å². The Morgan fingerprint density at radius 1 is 1.15 bits per heavy atom. The lowest BCUT2D eigenvalue weighted by atomic mass is 9.98. The Balaban J connectivity index is 1.85. The van der Waals surface area contributed by atoms with Crippen LogP contribution in [0.5, 0.6) is 0 Å². The van der Waals surface area contributed by atoms with Gasteiger partial charge in [-0.1, -0.05) is 12.1 Å². The van der Waals surface area contributed by atoms with E-state index in [-0.39, 0.29) is 6.10 Å². The Bertz CT molecular complexity index is 643. The summed E-state index contributed by atoms with van der Waals surface area (Å²) in [5.74, 6) is 0. The molecule has 3 heterocycles. The number of aliphatic hydroxyl groups excluding tert-OH is 1. The molecule has 2 aliphatic rings. The molecule has 20 heavy (non-hydrogen) atoms. The highest BCUT2D eigenvalue weighted by Crippen LogP contribution is 2.42. The van der Waals surface area contributed by atoms with Crippen molar-refractivity contribution in [2.45, 2.75) is 43.9 Å². The number of para-hydroxylation sites is 1. The molecule has 1 aromatic heterocycles. The highest BCUT2D eigenvalue weighted by molar-refractivity contribution is 5.98. The molecular weight excluding hydrogens is 250 g/mol. The van der Waals surface area contributed by atoms with E-state index in [1.165, 1.54) is 18.5 Å². The molecule has 104 valence electrons. The number of rotatable bonds is 1. The summed E-state index contributed by atoms with van der Waals surface area (Å²) in [4.78, 5) is 6.92. The lowest BCUT2D eigenvalue weighted by Gasteiger charge is -2.39. The molecule has 2 atom stereocenters. The maximum absolute atomic E-state index is 9.95. The first-order valence-electron chi connectivity index (χ1n) is 7.33. The number of piperidine rings is 1. The Labute approximate surface area is 118 Å². The zero-order valence-corrected chi connectivity index (χ0v) is 11.4. The summed E-state index contributed by atoms with van der Waals surface area (Å²) in [6, 6.07) is 8.98. The van der Waals surface area contributed by atoms with Crippen LogP contribution in [0.25, 0.3) is 10.9 Å². The maximum Gasteiger partial charge on any atom is 0.0951 e. The fourth-order valence-electron chi connectivity index (χ4n) is 3.95. The van der Waals surface area contributed by atoms with Gasteiger partial charge in [-0.25, -0.2) is 0 Å². The van der Waals surface area contributed by atoms with Crippen molar-refractivity contribution in [2.24, 2.45) is 0 Å². The Kier molecular flexibility index (Phi) is 2.60. The zero-order chi connectivity index (χ0) is 13.7. The van der Waals surface area contributed by atoms with Gasteiger partial charge in [0.15, 0.2) is 0 Å². The van der Waals surface area contributed by atoms with E-state index in [1.54, 1.807) is 0 Å². The van der Waals surface area contributed by atoms with E-state index in [0.717, 1.165) is 29.4 Å². The summed E-state index contributed by atoms with van der Waals surface area (Å²) >= 11 is 0. The Hall–Kier alpha value is -1.81. The van der Waals surface area contributed by atoms with Crippen LogP contribution >= 0.6 is 0 Å². The van der Waals surface area contributed by atoms with Gasteiger partial charge in [0.25, 0.3) is 0 Å². The van der Waals surface area contributed by atoms with Gasteiger partial charge >= 0.3 is 0 Å². The fraction of sp³-hybridized carbons (Fsp3) is 0.438. The molecule has 0 amide bonds. The quantitative estimate of drug-likeness (QED) is 0.780. The highest BCUT2D eigenvalue weighted by Gasteiger charge is 2.40. The van der Waals surface area contributed by atoms with E-state index in [2.05, 4.69) is 22.0 Å². The zero-order valence-electron chi connectivity index (χ0n) is 11.4. The second kappa shape index (κ2) is 4.35. The lowest BCUT2D eigenvalue weighted by Crippen LogP contribution is -2.44. The van der Waals surface area contributed by atoms with Gasteiger partial charge in [0.05, 0.1) is 17.3 Å². The summed E-state index contributed by atoms with van der Waals surface area (Å²) in [5.41, 5.74) is 8.88. The molecule has 4 heteroatoms. The molecule has 2 bridgehead atoms. The number of nitrogens with two attached hydrogens (primary N) is 1. The monoisotopic (exact) mass is 269 g/mol. The number of nitrogen functional groups attached to an aromatic ring is 1. The maximum atomic E-state index is 9.95. The van der Waals surface area contributed by atoms with E-state index < -0.39 is 0 Å². The van der Waals surface area contributed by atoms with Crippen molar-refractivity contribution in [1.82, 2.24) is 4.98 Å². The minimum absolute atomic E-state index is 0.137. The molecule has 2 aliphatic heterocycles. The van der Waals surface area contributed by atoms with Gasteiger partial charge in [0.1, 0.15) is 0 Å². The van der Waals surface area contributed by atoms with E-state index in [9.17, 15) is 5.11 Å². The molecule has 0 aliphatic carbocycles. The molecule has 0 radical (unpaired) electrons. The summed E-state index contributed by atoms with van der Waals surface area (Å²) < 4.78 is 0. The molecule has 2 unspecified atom stereocenters. The first-order valence-corrected chi connectivity index (χ1v) is 7.33. The molecule has 1 aromatic carbocycles. The van der Waals surface area contributed by atoms with Gasteiger partial charge in [-0.05, 0) is 37.8 Å². The molecule has 2 fully saturated rings. The fourth-order valence-corrected chi connectivity index (χ4v) is 3.95. The molecule has 3 N–H and O–H groups in total. The number of nitrogens with zero attached hydrogens (tertiary/aromatic N) is 2. The van der Waals surface area contributed by atoms with Crippen LogP contribution in [0.3, 0.4) is 0 Å². The van der Waals surface area contributed by atoms with Crippen molar-refractivity contribution < 1.29 is 5.11 Å². The van der Waals surface area contributed by atoms with Crippen molar-refractivity contribution in [2.75, 3.05) is 10.6 Å². The summed E-state index contributed by atoms with van der Waals surface area (Å²) in [7, 11) is 0. The first kappa shape index (κ1) is 12.0. The van der Waals surface area contributed by atoms with E-state index in [1.807, 2.05) is 18.3 Å². The Morgan fingerprint density at radius 3 is 2.65 bits per heavy atom. The van der Waals surface area contributed by atoms with Crippen molar-refractivity contribution in [3.8, 4) is 0 Å². The highest BCUT2D eigenvalue weighted by atomic mass is 16.3. The Morgan fingerprint density at radius 2 is 1.90 bits per heavy atom. The summed E-state index contributed by atoms with van der Waals surface area (Å²) in [6.45, 7) is 0. The van der Waals surface area contributed by atoms with Gasteiger partial charge < -0.3 is 15.7 Å². The van der Waals surface area contributed by atoms with Crippen LogP contribution in [-0.2, 0) is 0 Å². The topological polar surface area (TPSA) is 62.4 Å². The van der Waals surface area contributed by atoms with Crippen LogP contribution in [0.1, 0.15) is 25.7 Å². The minimum atomic E-state index is -0.137. The second-order valence-electron chi connectivity index (χ2n) is 5.99. The average Bonchev–Trinajstić information content (AvgIpc) is 2.71. The predicted octanol–water partition coefficient (Wildman–Crippen LogP) is 2.31. The van der Waals surface area contributed by atoms with Crippen LogP contribution in [0.2, 0.25) is 0 Å². The lowest BCUT2D eigenvalue weighted by molar-refractivity contribution is 0.126. The van der Waals surface area contributed by atoms with Gasteiger partial charge in [-0.15, -0.1) is 0 Å². The average molecular weight is 269 g/mol. The molecule has 4 nitrogen and oxygen atoms in total. The summed E-state index contributed by atoms with van der Waals surface area (Å²) in [6.07, 6.45) is 5.81. The molecule has 0 saturated carbocycles. The first-order chi connectivity index (χ1) is 9.74. The number of aromatic nitrogens is 1. The number of anilines is 2. The third kappa shape index (κ3) is 1.68. The third-order valence-corrected chi connectivity index (χ3v) is 4.77. The van der Waals surface area contributed by atoms with E-state index in [0.29, 0.717) is 12.1 Å². The van der Waals surface area contributed by atoms with Gasteiger partial charge in [0, 0.05) is 29.4 Å². The van der Waals surface area contributed by atoms with Crippen molar-refractivity contribution in [3.63, 3.8) is 0 Å². The number of hydrogen-bond acceptors (Lipinski definition) is 4. The normalized spacial score (nSPS) is 29.1. The number of hydrogen-bond donors (Lipinski definition) is 2. The van der Waals surface area contributed by atoms with Crippen LogP contribution in [0.4, 0.5) is 11.4 Å². The van der Waals surface area contributed by atoms with Gasteiger partial charge in [0.2, 0.25) is 0 Å². The van der Waals surface area contributed by atoms with Gasteiger partial charge in [-0.3, -0.25) is 4.98 Å². The molecule has 4 rings (SSSR count). The standard InChI is InChI=1S/C16H19N3O/c17-14-3-1-2-13-15(6-7-18-16(13)14)19-10-4-5-11(19)9-12(20)8-10/h1-3,6-7,10-12,20H,4-5,8-9,17H2. The number of fused-ring (bicyclic) bond motifs is 3. The number of pyridine rings is 1. The third-order valence-electron chi connectivity index (χ3n) is 4.77. The van der Waals surface area contributed by atoms with Crippen LogP contribution in [0.15, 0.2) is 30.5 Å². The smallest absolute Gasteiger partial charge is 0.0951 e. The van der Waals surface area contributed by atoms with Crippen LogP contribution in [0, 0.1) is 0 Å².